The molecule has 2 aromatic rings. The van der Waals surface area contributed by atoms with E-state index in [1.807, 2.05) is 24.3 Å². The lowest BCUT2D eigenvalue weighted by Gasteiger charge is -2.07. The molecule has 0 atom stereocenters. The highest BCUT2D eigenvalue weighted by Crippen LogP contribution is 2.19. The highest BCUT2D eigenvalue weighted by molar-refractivity contribution is 5.75. The van der Waals surface area contributed by atoms with Gasteiger partial charge >= 0.3 is 0 Å². The molecule has 0 bridgehead atoms. The number of likely N-dealkylation sites (N-methyl/N-ethyl adjacent to an activating group) is 1. The molecule has 0 saturated carbocycles. The van der Waals surface area contributed by atoms with Gasteiger partial charge in [-0.3, -0.25) is 9.59 Å². The maximum Gasteiger partial charge on any atom is 0.267 e. The van der Waals surface area contributed by atoms with Crippen molar-refractivity contribution in [2.24, 2.45) is 0 Å². The van der Waals surface area contributed by atoms with Crippen molar-refractivity contribution in [1.82, 2.24) is 15.1 Å². The van der Waals surface area contributed by atoms with E-state index in [1.165, 1.54) is 13.1 Å². The predicted molar refractivity (Wildman–Crippen MR) is 74.6 cm³/mol. The summed E-state index contributed by atoms with van der Waals surface area (Å²) in [4.78, 5) is 23.0. The minimum absolute atomic E-state index is 0.0979. The number of aromatic nitrogens is 2. The topological polar surface area (TPSA) is 73.2 Å². The quantitative estimate of drug-likeness (QED) is 0.888. The third-order valence-corrected chi connectivity index (χ3v) is 2.82. The number of nitrogens with one attached hydrogen (secondary N) is 1. The van der Waals surface area contributed by atoms with E-state index in [1.54, 1.807) is 13.2 Å². The summed E-state index contributed by atoms with van der Waals surface area (Å²) >= 11 is 0. The highest BCUT2D eigenvalue weighted by Gasteiger charge is 2.06. The van der Waals surface area contributed by atoms with Crippen molar-refractivity contribution in [2.75, 3.05) is 14.2 Å². The number of rotatable bonds is 4. The summed E-state index contributed by atoms with van der Waals surface area (Å²) in [5.41, 5.74) is 1.15. The Morgan fingerprint density at radius 2 is 1.95 bits per heavy atom. The van der Waals surface area contributed by atoms with E-state index in [-0.39, 0.29) is 18.0 Å². The monoisotopic (exact) mass is 273 g/mol. The molecule has 0 aliphatic rings. The fourth-order valence-corrected chi connectivity index (χ4v) is 1.69. The van der Waals surface area contributed by atoms with Crippen LogP contribution in [-0.2, 0) is 11.3 Å². The smallest absolute Gasteiger partial charge is 0.267 e. The first-order chi connectivity index (χ1) is 9.63. The maximum absolute atomic E-state index is 11.7. The molecule has 1 N–H and O–H groups in total. The van der Waals surface area contributed by atoms with Gasteiger partial charge in [0, 0.05) is 18.7 Å². The zero-order valence-electron chi connectivity index (χ0n) is 11.3. The lowest BCUT2D eigenvalue weighted by Crippen LogP contribution is -2.31. The van der Waals surface area contributed by atoms with E-state index >= 15 is 0 Å². The predicted octanol–water partition coefficient (Wildman–Crippen LogP) is 0.665. The van der Waals surface area contributed by atoms with Crippen LogP contribution in [0.2, 0.25) is 0 Å². The molecule has 104 valence electrons. The Morgan fingerprint density at radius 3 is 2.55 bits per heavy atom. The summed E-state index contributed by atoms with van der Waals surface area (Å²) in [6, 6.07) is 10.3. The third kappa shape index (κ3) is 3.03. The van der Waals surface area contributed by atoms with Crippen LogP contribution in [0, 0.1) is 0 Å². The number of hydrogen-bond donors (Lipinski definition) is 1. The first kappa shape index (κ1) is 13.8. The molecule has 20 heavy (non-hydrogen) atoms. The lowest BCUT2D eigenvalue weighted by atomic mass is 10.1. The highest BCUT2D eigenvalue weighted by atomic mass is 16.5. The van der Waals surface area contributed by atoms with Gasteiger partial charge in [-0.1, -0.05) is 0 Å². The van der Waals surface area contributed by atoms with Crippen LogP contribution in [0.15, 0.2) is 41.2 Å². The van der Waals surface area contributed by atoms with E-state index in [4.69, 9.17) is 4.74 Å². The average molecular weight is 273 g/mol. The number of carbonyl (C=O) groups is 1. The van der Waals surface area contributed by atoms with Crippen LogP contribution in [0.25, 0.3) is 11.3 Å². The normalized spacial score (nSPS) is 10.1. The van der Waals surface area contributed by atoms with Gasteiger partial charge in [-0.25, -0.2) is 4.68 Å². The van der Waals surface area contributed by atoms with Crippen molar-refractivity contribution in [3.8, 4) is 17.0 Å². The second-order valence-electron chi connectivity index (χ2n) is 4.12. The maximum atomic E-state index is 11.7. The molecule has 0 radical (unpaired) electrons. The van der Waals surface area contributed by atoms with Crippen molar-refractivity contribution >= 4 is 5.91 Å². The minimum Gasteiger partial charge on any atom is -0.497 e. The molecule has 0 unspecified atom stereocenters. The molecule has 0 aliphatic carbocycles. The van der Waals surface area contributed by atoms with Crippen LogP contribution in [0.1, 0.15) is 0 Å². The van der Waals surface area contributed by atoms with Crippen molar-refractivity contribution in [2.45, 2.75) is 6.54 Å². The van der Waals surface area contributed by atoms with Crippen molar-refractivity contribution < 1.29 is 9.53 Å². The molecule has 0 aliphatic heterocycles. The molecule has 1 amide bonds. The second-order valence-corrected chi connectivity index (χ2v) is 4.12. The van der Waals surface area contributed by atoms with E-state index in [0.29, 0.717) is 5.69 Å². The Kier molecular flexibility index (Phi) is 4.14. The van der Waals surface area contributed by atoms with Gasteiger partial charge in [0.25, 0.3) is 5.56 Å². The van der Waals surface area contributed by atoms with Crippen LogP contribution >= 0.6 is 0 Å². The molecule has 0 saturated heterocycles. The molecular formula is C14H15N3O3. The summed E-state index contributed by atoms with van der Waals surface area (Å²) < 4.78 is 6.22. The average Bonchev–Trinajstić information content (AvgIpc) is 2.49. The number of benzene rings is 1. The van der Waals surface area contributed by atoms with E-state index in [9.17, 15) is 9.59 Å². The lowest BCUT2D eigenvalue weighted by molar-refractivity contribution is -0.121. The number of nitrogens with zero attached hydrogens (tertiary/aromatic N) is 2. The van der Waals surface area contributed by atoms with Gasteiger partial charge < -0.3 is 10.1 Å². The number of methoxy groups -OCH3 is 1. The number of carbonyl (C=O) groups excluding carboxylic acids is 1. The molecule has 1 aromatic carbocycles. The van der Waals surface area contributed by atoms with E-state index in [2.05, 4.69) is 10.4 Å². The molecule has 0 spiro atoms. The Bertz CT molecular complexity index is 662. The Labute approximate surface area is 116 Å². The third-order valence-electron chi connectivity index (χ3n) is 2.82. The van der Waals surface area contributed by atoms with Gasteiger partial charge in [0.15, 0.2) is 0 Å². The molecule has 6 heteroatoms. The summed E-state index contributed by atoms with van der Waals surface area (Å²) in [5, 5.41) is 6.65. The van der Waals surface area contributed by atoms with Crippen LogP contribution in [0.4, 0.5) is 0 Å². The van der Waals surface area contributed by atoms with Crippen molar-refractivity contribution in [1.29, 1.82) is 0 Å². The molecule has 6 nitrogen and oxygen atoms in total. The molecule has 0 fully saturated rings. The summed E-state index contributed by atoms with van der Waals surface area (Å²) in [6.45, 7) is -0.0979. The van der Waals surface area contributed by atoms with Crippen molar-refractivity contribution in [3.63, 3.8) is 0 Å². The summed E-state index contributed by atoms with van der Waals surface area (Å²) in [7, 11) is 3.11. The SMILES string of the molecule is CNC(=O)Cn1nc(-c2ccc(OC)cc2)ccc1=O. The molecular weight excluding hydrogens is 258 g/mol. The summed E-state index contributed by atoms with van der Waals surface area (Å²) in [5.74, 6) is 0.471. The molecule has 1 heterocycles. The zero-order chi connectivity index (χ0) is 14.5. The molecule has 1 aromatic heterocycles. The largest absolute Gasteiger partial charge is 0.497 e. The number of ether oxygens (including phenoxy) is 1. The Morgan fingerprint density at radius 1 is 1.25 bits per heavy atom. The Balaban J connectivity index is 2.34. The van der Waals surface area contributed by atoms with E-state index in [0.717, 1.165) is 16.0 Å². The van der Waals surface area contributed by atoms with Gasteiger partial charge in [0.05, 0.1) is 12.8 Å². The first-order valence-corrected chi connectivity index (χ1v) is 6.07. The number of hydrogen-bond acceptors (Lipinski definition) is 4. The van der Waals surface area contributed by atoms with Gasteiger partial charge in [0.2, 0.25) is 5.91 Å². The number of amides is 1. The van der Waals surface area contributed by atoms with Crippen LogP contribution in [0.3, 0.4) is 0 Å². The fraction of sp³-hybridized carbons (Fsp3) is 0.214. The van der Waals surface area contributed by atoms with Crippen LogP contribution in [-0.4, -0.2) is 29.8 Å². The summed E-state index contributed by atoms with van der Waals surface area (Å²) in [6.07, 6.45) is 0. The van der Waals surface area contributed by atoms with Crippen LogP contribution < -0.4 is 15.6 Å². The van der Waals surface area contributed by atoms with Gasteiger partial charge in [-0.15, -0.1) is 0 Å². The zero-order valence-corrected chi connectivity index (χ0v) is 11.3. The minimum atomic E-state index is -0.314. The van der Waals surface area contributed by atoms with Gasteiger partial charge in [-0.05, 0) is 30.3 Å². The van der Waals surface area contributed by atoms with Gasteiger partial charge in [0.1, 0.15) is 12.3 Å². The van der Waals surface area contributed by atoms with Crippen LogP contribution in [0.5, 0.6) is 5.75 Å². The Hall–Kier alpha value is -2.63. The molecule has 2 rings (SSSR count). The standard InChI is InChI=1S/C14H15N3O3/c1-15-13(18)9-17-14(19)8-7-12(16-17)10-3-5-11(20-2)6-4-10/h3-8H,9H2,1-2H3,(H,15,18). The van der Waals surface area contributed by atoms with Crippen molar-refractivity contribution in [3.05, 3.63) is 46.8 Å². The van der Waals surface area contributed by atoms with Gasteiger partial charge in [-0.2, -0.15) is 5.10 Å². The first-order valence-electron chi connectivity index (χ1n) is 6.07. The fourth-order valence-electron chi connectivity index (χ4n) is 1.69. The second kappa shape index (κ2) is 6.01. The van der Waals surface area contributed by atoms with E-state index < -0.39 is 0 Å².